The number of benzene rings is 1. The van der Waals surface area contributed by atoms with Gasteiger partial charge in [0.05, 0.1) is 19.8 Å². The summed E-state index contributed by atoms with van der Waals surface area (Å²) in [6, 6.07) is 7.42. The van der Waals surface area contributed by atoms with Gasteiger partial charge >= 0.3 is 0 Å². The van der Waals surface area contributed by atoms with Crippen LogP contribution in [0.1, 0.15) is 15.9 Å². The van der Waals surface area contributed by atoms with Gasteiger partial charge in [0, 0.05) is 12.1 Å². The van der Waals surface area contributed by atoms with Crippen molar-refractivity contribution in [2.45, 2.75) is 6.42 Å². The van der Waals surface area contributed by atoms with Crippen LogP contribution < -0.4 is 11.1 Å². The first kappa shape index (κ1) is 14.6. The highest BCUT2D eigenvalue weighted by Crippen LogP contribution is 2.08. The van der Waals surface area contributed by atoms with Crippen LogP contribution in [0.25, 0.3) is 0 Å². The van der Waals surface area contributed by atoms with Crippen LogP contribution in [-0.2, 0) is 11.2 Å². The molecule has 18 heavy (non-hydrogen) atoms. The van der Waals surface area contributed by atoms with E-state index >= 15 is 0 Å². The van der Waals surface area contributed by atoms with E-state index in [9.17, 15) is 4.79 Å². The SMILES string of the molecule is NCCc1ccccc1C(=O)NCCOCCO. The fourth-order valence-electron chi connectivity index (χ4n) is 1.61. The molecule has 1 rings (SSSR count). The topological polar surface area (TPSA) is 84.6 Å². The van der Waals surface area contributed by atoms with Crippen molar-refractivity contribution in [3.05, 3.63) is 35.4 Å². The normalized spacial score (nSPS) is 10.3. The summed E-state index contributed by atoms with van der Waals surface area (Å²) >= 11 is 0. The minimum atomic E-state index is -0.119. The lowest BCUT2D eigenvalue weighted by atomic mass is 10.0. The Labute approximate surface area is 107 Å². The third kappa shape index (κ3) is 4.83. The monoisotopic (exact) mass is 252 g/mol. The summed E-state index contributed by atoms with van der Waals surface area (Å²) in [5.41, 5.74) is 7.12. The van der Waals surface area contributed by atoms with Gasteiger partial charge in [0.2, 0.25) is 0 Å². The van der Waals surface area contributed by atoms with Gasteiger partial charge in [-0.15, -0.1) is 0 Å². The molecular formula is C13H20N2O3. The van der Waals surface area contributed by atoms with Gasteiger partial charge in [-0.3, -0.25) is 4.79 Å². The third-order valence-electron chi connectivity index (χ3n) is 2.44. The lowest BCUT2D eigenvalue weighted by Gasteiger charge is -2.09. The van der Waals surface area contributed by atoms with Crippen molar-refractivity contribution >= 4 is 5.91 Å². The van der Waals surface area contributed by atoms with Gasteiger partial charge in [0.1, 0.15) is 0 Å². The van der Waals surface area contributed by atoms with Crippen molar-refractivity contribution in [1.29, 1.82) is 0 Å². The van der Waals surface area contributed by atoms with Crippen molar-refractivity contribution in [2.24, 2.45) is 5.73 Å². The summed E-state index contributed by atoms with van der Waals surface area (Å²) in [5, 5.41) is 11.3. The molecule has 4 N–H and O–H groups in total. The fourth-order valence-corrected chi connectivity index (χ4v) is 1.61. The quantitative estimate of drug-likeness (QED) is 0.565. The van der Waals surface area contributed by atoms with Crippen molar-refractivity contribution in [2.75, 3.05) is 32.9 Å². The Morgan fingerprint density at radius 2 is 2.11 bits per heavy atom. The highest BCUT2D eigenvalue weighted by Gasteiger charge is 2.09. The Morgan fingerprint density at radius 1 is 1.33 bits per heavy atom. The number of aliphatic hydroxyl groups excluding tert-OH is 1. The molecule has 0 heterocycles. The molecule has 5 heteroatoms. The minimum Gasteiger partial charge on any atom is -0.394 e. The summed E-state index contributed by atoms with van der Waals surface area (Å²) in [6.45, 7) is 1.62. The molecule has 0 saturated heterocycles. The maximum atomic E-state index is 11.9. The molecule has 0 saturated carbocycles. The summed E-state index contributed by atoms with van der Waals surface area (Å²) in [6.07, 6.45) is 0.685. The van der Waals surface area contributed by atoms with E-state index in [-0.39, 0.29) is 12.5 Å². The number of nitrogens with two attached hydrogens (primary N) is 1. The van der Waals surface area contributed by atoms with Crippen molar-refractivity contribution < 1.29 is 14.6 Å². The summed E-state index contributed by atoms with van der Waals surface area (Å²) in [4.78, 5) is 11.9. The molecule has 0 aliphatic heterocycles. The lowest BCUT2D eigenvalue weighted by Crippen LogP contribution is -2.28. The zero-order valence-electron chi connectivity index (χ0n) is 10.4. The van der Waals surface area contributed by atoms with Crippen molar-refractivity contribution in [3.63, 3.8) is 0 Å². The Balaban J connectivity index is 2.45. The average molecular weight is 252 g/mol. The summed E-state index contributed by atoms with van der Waals surface area (Å²) < 4.78 is 5.06. The van der Waals surface area contributed by atoms with Crippen LogP contribution >= 0.6 is 0 Å². The van der Waals surface area contributed by atoms with Crippen LogP contribution in [0.3, 0.4) is 0 Å². The largest absolute Gasteiger partial charge is 0.394 e. The highest BCUT2D eigenvalue weighted by atomic mass is 16.5. The van der Waals surface area contributed by atoms with Crippen LogP contribution in [0.2, 0.25) is 0 Å². The smallest absolute Gasteiger partial charge is 0.251 e. The molecule has 0 fully saturated rings. The lowest BCUT2D eigenvalue weighted by molar-refractivity contribution is 0.0837. The molecule has 1 aromatic carbocycles. The first-order valence-electron chi connectivity index (χ1n) is 6.04. The van der Waals surface area contributed by atoms with E-state index in [4.69, 9.17) is 15.6 Å². The van der Waals surface area contributed by atoms with Crippen molar-refractivity contribution in [1.82, 2.24) is 5.32 Å². The van der Waals surface area contributed by atoms with Gasteiger partial charge in [-0.25, -0.2) is 0 Å². The molecule has 100 valence electrons. The maximum Gasteiger partial charge on any atom is 0.251 e. The van der Waals surface area contributed by atoms with Crippen LogP contribution in [0, 0.1) is 0 Å². The van der Waals surface area contributed by atoms with Crippen LogP contribution in [0.4, 0.5) is 0 Å². The van der Waals surface area contributed by atoms with Gasteiger partial charge < -0.3 is 20.9 Å². The standard InChI is InChI=1S/C13H20N2O3/c14-6-5-11-3-1-2-4-12(11)13(17)15-7-9-18-10-8-16/h1-4,16H,5-10,14H2,(H,15,17). The predicted molar refractivity (Wildman–Crippen MR) is 69.4 cm³/mol. The van der Waals surface area contributed by atoms with Crippen LogP contribution in [0.5, 0.6) is 0 Å². The Bertz CT molecular complexity index is 369. The van der Waals surface area contributed by atoms with E-state index in [1.807, 2.05) is 18.2 Å². The molecule has 0 atom stereocenters. The zero-order chi connectivity index (χ0) is 13.2. The molecular weight excluding hydrogens is 232 g/mol. The highest BCUT2D eigenvalue weighted by molar-refractivity contribution is 5.95. The first-order chi connectivity index (χ1) is 8.79. The number of hydrogen-bond acceptors (Lipinski definition) is 4. The zero-order valence-corrected chi connectivity index (χ0v) is 10.4. The van der Waals surface area contributed by atoms with Gasteiger partial charge in [-0.2, -0.15) is 0 Å². The number of amides is 1. The van der Waals surface area contributed by atoms with E-state index in [0.717, 1.165) is 5.56 Å². The predicted octanol–water partition coefficient (Wildman–Crippen LogP) is -0.0735. The molecule has 5 nitrogen and oxygen atoms in total. The fraction of sp³-hybridized carbons (Fsp3) is 0.462. The number of carbonyl (C=O) groups is 1. The molecule has 1 aromatic rings. The van der Waals surface area contributed by atoms with E-state index in [1.165, 1.54) is 0 Å². The second-order valence-corrected chi connectivity index (χ2v) is 3.79. The molecule has 1 amide bonds. The minimum absolute atomic E-state index is 0.00667. The Kier molecular flexibility index (Phi) is 7.01. The Morgan fingerprint density at radius 3 is 2.83 bits per heavy atom. The molecule has 0 aliphatic carbocycles. The average Bonchev–Trinajstić information content (AvgIpc) is 2.39. The van der Waals surface area contributed by atoms with E-state index in [2.05, 4.69) is 5.32 Å². The maximum absolute atomic E-state index is 11.9. The van der Waals surface area contributed by atoms with E-state index < -0.39 is 0 Å². The molecule has 0 bridgehead atoms. The molecule has 0 aliphatic rings. The number of nitrogens with one attached hydrogen (secondary N) is 1. The third-order valence-corrected chi connectivity index (χ3v) is 2.44. The number of ether oxygens (including phenoxy) is 1. The summed E-state index contributed by atoms with van der Waals surface area (Å²) in [5.74, 6) is -0.119. The van der Waals surface area contributed by atoms with Gasteiger partial charge in [0.25, 0.3) is 5.91 Å². The van der Waals surface area contributed by atoms with Crippen molar-refractivity contribution in [3.8, 4) is 0 Å². The van der Waals surface area contributed by atoms with E-state index in [1.54, 1.807) is 6.07 Å². The van der Waals surface area contributed by atoms with E-state index in [0.29, 0.717) is 38.3 Å². The second kappa shape index (κ2) is 8.63. The van der Waals surface area contributed by atoms with Gasteiger partial charge in [0.15, 0.2) is 0 Å². The number of carbonyl (C=O) groups excluding carboxylic acids is 1. The van der Waals surface area contributed by atoms with Gasteiger partial charge in [-0.1, -0.05) is 18.2 Å². The molecule has 0 spiro atoms. The number of rotatable bonds is 8. The van der Waals surface area contributed by atoms with Crippen LogP contribution in [0.15, 0.2) is 24.3 Å². The number of aliphatic hydroxyl groups is 1. The molecule has 0 unspecified atom stereocenters. The number of hydrogen-bond donors (Lipinski definition) is 3. The molecule has 0 radical (unpaired) electrons. The Hall–Kier alpha value is -1.43. The second-order valence-electron chi connectivity index (χ2n) is 3.79. The first-order valence-corrected chi connectivity index (χ1v) is 6.04. The summed E-state index contributed by atoms with van der Waals surface area (Å²) in [7, 11) is 0. The van der Waals surface area contributed by atoms with Gasteiger partial charge in [-0.05, 0) is 24.6 Å². The molecule has 0 aromatic heterocycles. The van der Waals surface area contributed by atoms with Crippen LogP contribution in [-0.4, -0.2) is 43.9 Å².